The average Bonchev–Trinajstić information content (AvgIpc) is 2.41. The summed E-state index contributed by atoms with van der Waals surface area (Å²) in [6, 6.07) is 5.76. The van der Waals surface area contributed by atoms with Crippen LogP contribution in [0.1, 0.15) is 19.3 Å². The van der Waals surface area contributed by atoms with E-state index in [1.165, 1.54) is 32.4 Å². The van der Waals surface area contributed by atoms with E-state index in [-0.39, 0.29) is 0 Å². The third kappa shape index (κ3) is 3.85. The van der Waals surface area contributed by atoms with Crippen LogP contribution >= 0.6 is 0 Å². The summed E-state index contributed by atoms with van der Waals surface area (Å²) >= 11 is 0. The second-order valence-electron chi connectivity index (χ2n) is 5.01. The highest BCUT2D eigenvalue weighted by Gasteiger charge is 2.15. The highest BCUT2D eigenvalue weighted by Crippen LogP contribution is 2.19. The summed E-state index contributed by atoms with van der Waals surface area (Å²) in [5.41, 5.74) is 2.56. The lowest BCUT2D eigenvalue weighted by Gasteiger charge is -2.28. The summed E-state index contributed by atoms with van der Waals surface area (Å²) in [6.45, 7) is 3.44. The van der Waals surface area contributed by atoms with E-state index in [1.807, 2.05) is 18.2 Å². The lowest BCUT2D eigenvalue weighted by atomic mass is 9.94. The molecule has 0 atom stereocenters. The second kappa shape index (κ2) is 6.56. The van der Waals surface area contributed by atoms with Crippen molar-refractivity contribution in [3.8, 4) is 0 Å². The maximum absolute atomic E-state index is 5.33. The van der Waals surface area contributed by atoms with Crippen molar-refractivity contribution in [2.45, 2.75) is 19.3 Å². The van der Waals surface area contributed by atoms with E-state index in [0.717, 1.165) is 18.3 Å². The van der Waals surface area contributed by atoms with Crippen LogP contribution in [0.3, 0.4) is 0 Å². The predicted molar refractivity (Wildman–Crippen MR) is 75.4 cm³/mol. The van der Waals surface area contributed by atoms with Gasteiger partial charge in [0.15, 0.2) is 0 Å². The highest BCUT2D eigenvalue weighted by molar-refractivity contribution is 5.44. The van der Waals surface area contributed by atoms with Crippen molar-refractivity contribution in [2.75, 3.05) is 37.4 Å². The number of rotatable bonds is 5. The van der Waals surface area contributed by atoms with Crippen LogP contribution in [0.15, 0.2) is 18.2 Å². The molecule has 0 saturated carbocycles. The van der Waals surface area contributed by atoms with Gasteiger partial charge >= 0.3 is 0 Å². The number of nitrogen functional groups attached to an aromatic ring is 1. The van der Waals surface area contributed by atoms with Gasteiger partial charge in [-0.05, 0) is 57.5 Å². The number of nitrogens with two attached hydrogens (primary N) is 1. The van der Waals surface area contributed by atoms with Crippen LogP contribution in [0, 0.1) is 5.92 Å². The van der Waals surface area contributed by atoms with E-state index >= 15 is 0 Å². The topological polar surface area (TPSA) is 66.2 Å². The minimum Gasteiger partial charge on any atom is -0.370 e. The molecule has 0 spiro atoms. The number of hydrogen-bond acceptors (Lipinski definition) is 5. The quantitative estimate of drug-likeness (QED) is 0.545. The Balaban J connectivity index is 1.71. The fourth-order valence-electron chi connectivity index (χ4n) is 2.37. The molecule has 2 rings (SSSR count). The van der Waals surface area contributed by atoms with Gasteiger partial charge in [-0.25, -0.2) is 10.8 Å². The lowest BCUT2D eigenvalue weighted by Crippen LogP contribution is -2.30. The maximum Gasteiger partial charge on any atom is 0.142 e. The van der Waals surface area contributed by atoms with E-state index < -0.39 is 0 Å². The van der Waals surface area contributed by atoms with Crippen LogP contribution < -0.4 is 16.6 Å². The Bertz CT molecular complexity index is 360. The fourth-order valence-corrected chi connectivity index (χ4v) is 2.37. The molecule has 18 heavy (non-hydrogen) atoms. The molecule has 5 heteroatoms. The van der Waals surface area contributed by atoms with Gasteiger partial charge < -0.3 is 15.6 Å². The average molecular weight is 249 g/mol. The number of piperidine rings is 1. The molecule has 0 aliphatic carbocycles. The first-order valence-electron chi connectivity index (χ1n) is 6.64. The predicted octanol–water partition coefficient (Wildman–Crippen LogP) is 1.51. The van der Waals surface area contributed by atoms with Gasteiger partial charge in [0.2, 0.25) is 0 Å². The zero-order chi connectivity index (χ0) is 12.8. The van der Waals surface area contributed by atoms with E-state index in [4.69, 9.17) is 5.84 Å². The maximum atomic E-state index is 5.33. The summed E-state index contributed by atoms with van der Waals surface area (Å²) in [4.78, 5) is 6.74. The van der Waals surface area contributed by atoms with E-state index in [1.54, 1.807) is 0 Å². The molecule has 1 fully saturated rings. The number of nitrogens with zero attached hydrogens (tertiary/aromatic N) is 2. The number of pyridine rings is 1. The zero-order valence-electron chi connectivity index (χ0n) is 11.0. The molecule has 100 valence electrons. The van der Waals surface area contributed by atoms with Gasteiger partial charge in [0.05, 0.1) is 0 Å². The van der Waals surface area contributed by atoms with Crippen LogP contribution in [0.5, 0.6) is 0 Å². The minimum atomic E-state index is 0.694. The molecular weight excluding hydrogens is 226 g/mol. The van der Waals surface area contributed by atoms with Crippen LogP contribution in [0.2, 0.25) is 0 Å². The molecule has 0 radical (unpaired) electrons. The molecule has 1 aromatic heterocycles. The lowest BCUT2D eigenvalue weighted by molar-refractivity contribution is 0.215. The van der Waals surface area contributed by atoms with Crippen molar-refractivity contribution in [1.82, 2.24) is 9.88 Å². The third-order valence-electron chi connectivity index (χ3n) is 3.59. The van der Waals surface area contributed by atoms with Crippen molar-refractivity contribution < 1.29 is 0 Å². The number of hydrogen-bond donors (Lipinski definition) is 3. The molecule has 1 aromatic rings. The second-order valence-corrected chi connectivity index (χ2v) is 5.01. The van der Waals surface area contributed by atoms with Crippen LogP contribution in [0.4, 0.5) is 11.6 Å². The molecule has 0 unspecified atom stereocenters. The van der Waals surface area contributed by atoms with Gasteiger partial charge in [-0.2, -0.15) is 0 Å². The smallest absolute Gasteiger partial charge is 0.142 e. The third-order valence-corrected chi connectivity index (χ3v) is 3.59. The summed E-state index contributed by atoms with van der Waals surface area (Å²) in [6.07, 6.45) is 3.85. The number of hydrazine groups is 1. The SMILES string of the molecule is CN1CCC(CCNc2cccc(NN)n2)CC1. The van der Waals surface area contributed by atoms with Gasteiger partial charge in [0.25, 0.3) is 0 Å². The summed E-state index contributed by atoms with van der Waals surface area (Å²) in [7, 11) is 2.20. The molecule has 1 aliphatic heterocycles. The van der Waals surface area contributed by atoms with Crippen molar-refractivity contribution in [1.29, 1.82) is 0 Å². The Morgan fingerprint density at radius 2 is 2.06 bits per heavy atom. The monoisotopic (exact) mass is 249 g/mol. The molecule has 2 heterocycles. The molecular formula is C13H23N5. The van der Waals surface area contributed by atoms with Crippen molar-refractivity contribution in [2.24, 2.45) is 11.8 Å². The number of aromatic nitrogens is 1. The summed E-state index contributed by atoms with van der Waals surface area (Å²) in [5, 5.41) is 3.36. The van der Waals surface area contributed by atoms with Gasteiger partial charge in [-0.3, -0.25) is 0 Å². The Labute approximate surface area is 109 Å². The Hall–Kier alpha value is -1.33. The largest absolute Gasteiger partial charge is 0.370 e. The normalized spacial score (nSPS) is 17.7. The van der Waals surface area contributed by atoms with Crippen LogP contribution in [-0.4, -0.2) is 36.6 Å². The van der Waals surface area contributed by atoms with Gasteiger partial charge in [-0.15, -0.1) is 0 Å². The Kier molecular flexibility index (Phi) is 4.78. The first-order chi connectivity index (χ1) is 8.78. The fraction of sp³-hybridized carbons (Fsp3) is 0.615. The van der Waals surface area contributed by atoms with Crippen molar-refractivity contribution in [3.05, 3.63) is 18.2 Å². The molecule has 0 amide bonds. The van der Waals surface area contributed by atoms with Crippen molar-refractivity contribution >= 4 is 11.6 Å². The van der Waals surface area contributed by atoms with Gasteiger partial charge in [-0.1, -0.05) is 6.07 Å². The first kappa shape index (κ1) is 13.1. The standard InChI is InChI=1S/C13H23N5/c1-18-9-6-11(7-10-18)5-8-15-12-3-2-4-13(16-12)17-14/h2-4,11H,5-10,14H2,1H3,(H2,15,16,17). The number of likely N-dealkylation sites (tertiary alicyclic amines) is 1. The number of anilines is 2. The summed E-state index contributed by atoms with van der Waals surface area (Å²) < 4.78 is 0. The molecule has 1 saturated heterocycles. The highest BCUT2D eigenvalue weighted by atomic mass is 15.3. The number of nitrogens with one attached hydrogen (secondary N) is 2. The van der Waals surface area contributed by atoms with Gasteiger partial charge in [0.1, 0.15) is 11.6 Å². The van der Waals surface area contributed by atoms with E-state index in [2.05, 4.69) is 27.7 Å². The summed E-state index contributed by atoms with van der Waals surface area (Å²) in [5.74, 6) is 7.76. The van der Waals surface area contributed by atoms with E-state index in [0.29, 0.717) is 5.82 Å². The van der Waals surface area contributed by atoms with Crippen LogP contribution in [-0.2, 0) is 0 Å². The minimum absolute atomic E-state index is 0.694. The Morgan fingerprint density at radius 1 is 1.33 bits per heavy atom. The first-order valence-corrected chi connectivity index (χ1v) is 6.64. The molecule has 4 N–H and O–H groups in total. The molecule has 0 aromatic carbocycles. The Morgan fingerprint density at radius 3 is 2.78 bits per heavy atom. The molecule has 5 nitrogen and oxygen atoms in total. The molecule has 0 bridgehead atoms. The van der Waals surface area contributed by atoms with Crippen LogP contribution in [0.25, 0.3) is 0 Å². The zero-order valence-corrected chi connectivity index (χ0v) is 11.0. The molecule has 1 aliphatic rings. The van der Waals surface area contributed by atoms with E-state index in [9.17, 15) is 0 Å². The van der Waals surface area contributed by atoms with Crippen molar-refractivity contribution in [3.63, 3.8) is 0 Å². The van der Waals surface area contributed by atoms with Gasteiger partial charge in [0, 0.05) is 6.54 Å².